The van der Waals surface area contributed by atoms with Gasteiger partial charge in [0.05, 0.1) is 35.7 Å². The van der Waals surface area contributed by atoms with Gasteiger partial charge in [0.1, 0.15) is 0 Å². The standard InChI is InChI=1S/C27H39ClN4O2/c1-26(2,3)21-13-19(14-22(30-21)27(4,5)6)32-20(12-17-10-8-7-9-11-17)23(28)24(31-32)25(33)29-18-15-34-16-18/h13-14,17-18H,7-12,15-16H2,1-6H3,(H,29,33). The molecule has 2 aliphatic rings. The third-order valence-corrected chi connectivity index (χ3v) is 7.30. The Balaban J connectivity index is 1.81. The number of halogens is 1. The van der Waals surface area contributed by atoms with Crippen LogP contribution in [0.25, 0.3) is 5.69 Å². The Hall–Kier alpha value is -1.92. The number of ether oxygens (including phenoxy) is 1. The lowest BCUT2D eigenvalue weighted by atomic mass is 9.86. The number of hydrogen-bond donors (Lipinski definition) is 1. The van der Waals surface area contributed by atoms with Crippen molar-refractivity contribution in [1.29, 1.82) is 0 Å². The molecular weight excluding hydrogens is 448 g/mol. The Bertz CT molecular complexity index is 1010. The first-order valence-electron chi connectivity index (χ1n) is 12.6. The largest absolute Gasteiger partial charge is 0.377 e. The van der Waals surface area contributed by atoms with Crippen LogP contribution in [-0.4, -0.2) is 39.9 Å². The molecule has 186 valence electrons. The van der Waals surface area contributed by atoms with Crippen molar-refractivity contribution in [3.05, 3.63) is 39.9 Å². The average molecular weight is 487 g/mol. The van der Waals surface area contributed by atoms with Gasteiger partial charge in [-0.25, -0.2) is 4.68 Å². The number of carbonyl (C=O) groups excluding carboxylic acids is 1. The molecule has 34 heavy (non-hydrogen) atoms. The number of rotatable bonds is 5. The van der Waals surface area contributed by atoms with E-state index in [0.29, 0.717) is 29.8 Å². The minimum Gasteiger partial charge on any atom is -0.377 e. The van der Waals surface area contributed by atoms with Gasteiger partial charge in [0, 0.05) is 22.2 Å². The van der Waals surface area contributed by atoms with E-state index in [2.05, 4.69) is 59.0 Å². The molecule has 6 nitrogen and oxygen atoms in total. The van der Waals surface area contributed by atoms with Gasteiger partial charge in [-0.05, 0) is 24.5 Å². The van der Waals surface area contributed by atoms with Gasteiger partial charge in [0.25, 0.3) is 5.91 Å². The first-order chi connectivity index (χ1) is 15.9. The van der Waals surface area contributed by atoms with E-state index < -0.39 is 0 Å². The molecule has 1 saturated heterocycles. The summed E-state index contributed by atoms with van der Waals surface area (Å²) in [6.45, 7) is 14.1. The number of amides is 1. The van der Waals surface area contributed by atoms with E-state index in [-0.39, 0.29) is 22.8 Å². The maximum Gasteiger partial charge on any atom is 0.273 e. The Morgan fingerprint density at radius 3 is 2.15 bits per heavy atom. The molecule has 0 radical (unpaired) electrons. The van der Waals surface area contributed by atoms with Crippen molar-refractivity contribution in [2.75, 3.05) is 13.2 Å². The van der Waals surface area contributed by atoms with Gasteiger partial charge >= 0.3 is 0 Å². The van der Waals surface area contributed by atoms with Gasteiger partial charge in [-0.1, -0.05) is 85.2 Å². The van der Waals surface area contributed by atoms with Crippen LogP contribution >= 0.6 is 11.6 Å². The quantitative estimate of drug-likeness (QED) is 0.582. The van der Waals surface area contributed by atoms with Crippen molar-refractivity contribution in [2.45, 2.75) is 96.9 Å². The molecular formula is C27H39ClN4O2. The predicted octanol–water partition coefficient (Wildman–Crippen LogP) is 5.77. The van der Waals surface area contributed by atoms with E-state index in [1.54, 1.807) is 0 Å². The lowest BCUT2D eigenvalue weighted by Gasteiger charge is -2.26. The summed E-state index contributed by atoms with van der Waals surface area (Å²) < 4.78 is 7.12. The molecule has 1 N–H and O–H groups in total. The fourth-order valence-corrected chi connectivity index (χ4v) is 4.89. The summed E-state index contributed by atoms with van der Waals surface area (Å²) in [5.74, 6) is 0.326. The molecule has 3 heterocycles. The number of nitrogens with one attached hydrogen (secondary N) is 1. The number of carbonyl (C=O) groups is 1. The Morgan fingerprint density at radius 1 is 1.06 bits per heavy atom. The minimum absolute atomic E-state index is 0.0245. The molecule has 7 heteroatoms. The van der Waals surface area contributed by atoms with Crippen LogP contribution in [-0.2, 0) is 22.0 Å². The molecule has 4 rings (SSSR count). The molecule has 2 fully saturated rings. The average Bonchev–Trinajstić information content (AvgIpc) is 3.06. The molecule has 1 aliphatic heterocycles. The Labute approximate surface area is 208 Å². The minimum atomic E-state index is -0.233. The molecule has 0 aromatic carbocycles. The smallest absolute Gasteiger partial charge is 0.273 e. The van der Waals surface area contributed by atoms with Crippen LogP contribution in [0.4, 0.5) is 0 Å². The van der Waals surface area contributed by atoms with E-state index >= 15 is 0 Å². The zero-order valence-electron chi connectivity index (χ0n) is 21.5. The zero-order valence-corrected chi connectivity index (χ0v) is 22.3. The van der Waals surface area contributed by atoms with E-state index in [1.807, 2.05) is 4.68 Å². The van der Waals surface area contributed by atoms with E-state index in [4.69, 9.17) is 26.4 Å². The fourth-order valence-electron chi connectivity index (χ4n) is 4.61. The monoisotopic (exact) mass is 486 g/mol. The van der Waals surface area contributed by atoms with Crippen molar-refractivity contribution >= 4 is 17.5 Å². The van der Waals surface area contributed by atoms with Crippen molar-refractivity contribution in [3.8, 4) is 5.69 Å². The highest BCUT2D eigenvalue weighted by atomic mass is 35.5. The van der Waals surface area contributed by atoms with Crippen molar-refractivity contribution < 1.29 is 9.53 Å². The van der Waals surface area contributed by atoms with Crippen molar-refractivity contribution in [3.63, 3.8) is 0 Å². The van der Waals surface area contributed by atoms with E-state index in [9.17, 15) is 4.79 Å². The topological polar surface area (TPSA) is 69.0 Å². The molecule has 1 saturated carbocycles. The molecule has 1 amide bonds. The molecule has 0 spiro atoms. The van der Waals surface area contributed by atoms with Gasteiger partial charge < -0.3 is 10.1 Å². The van der Waals surface area contributed by atoms with Crippen LogP contribution < -0.4 is 5.32 Å². The highest BCUT2D eigenvalue weighted by Crippen LogP contribution is 2.34. The van der Waals surface area contributed by atoms with Gasteiger partial charge in [-0.2, -0.15) is 5.10 Å². The van der Waals surface area contributed by atoms with E-state index in [1.165, 1.54) is 32.1 Å². The molecule has 2 aromatic heterocycles. The molecule has 1 aliphatic carbocycles. The van der Waals surface area contributed by atoms with Crippen LogP contribution in [0.5, 0.6) is 0 Å². The Morgan fingerprint density at radius 2 is 1.65 bits per heavy atom. The summed E-state index contributed by atoms with van der Waals surface area (Å²) in [5, 5.41) is 8.28. The SMILES string of the molecule is CC(C)(C)c1cc(-n2nc(C(=O)NC3COC3)c(Cl)c2CC2CCCCC2)cc(C(C)(C)C)n1. The summed E-state index contributed by atoms with van der Waals surface area (Å²) in [6.07, 6.45) is 7.02. The second-order valence-electron chi connectivity index (χ2n) is 12.0. The summed E-state index contributed by atoms with van der Waals surface area (Å²) in [7, 11) is 0. The first kappa shape index (κ1) is 25.2. The third-order valence-electron chi connectivity index (χ3n) is 6.90. The fraction of sp³-hybridized carbons (Fsp3) is 0.667. The van der Waals surface area contributed by atoms with Crippen LogP contribution in [0.1, 0.15) is 101 Å². The molecule has 0 unspecified atom stereocenters. The van der Waals surface area contributed by atoms with Crippen molar-refractivity contribution in [1.82, 2.24) is 20.1 Å². The second-order valence-corrected chi connectivity index (χ2v) is 12.4. The van der Waals surface area contributed by atoms with Crippen LogP contribution in [0.3, 0.4) is 0 Å². The number of hydrogen-bond acceptors (Lipinski definition) is 4. The van der Waals surface area contributed by atoms with Gasteiger partial charge in [0.2, 0.25) is 0 Å². The predicted molar refractivity (Wildman–Crippen MR) is 136 cm³/mol. The summed E-state index contributed by atoms with van der Waals surface area (Å²) >= 11 is 6.91. The normalized spacial score (nSPS) is 18.1. The molecule has 0 bridgehead atoms. The third kappa shape index (κ3) is 5.49. The molecule has 0 atom stereocenters. The van der Waals surface area contributed by atoms with Crippen LogP contribution in [0.15, 0.2) is 12.1 Å². The summed E-state index contributed by atoms with van der Waals surface area (Å²) in [6, 6.07) is 4.23. The van der Waals surface area contributed by atoms with Crippen LogP contribution in [0.2, 0.25) is 5.02 Å². The number of nitrogens with zero attached hydrogens (tertiary/aromatic N) is 3. The van der Waals surface area contributed by atoms with Gasteiger partial charge in [-0.3, -0.25) is 9.78 Å². The van der Waals surface area contributed by atoms with Gasteiger partial charge in [0.15, 0.2) is 5.69 Å². The first-order valence-corrected chi connectivity index (χ1v) is 13.0. The second kappa shape index (κ2) is 9.62. The van der Waals surface area contributed by atoms with Gasteiger partial charge in [-0.15, -0.1) is 0 Å². The summed E-state index contributed by atoms with van der Waals surface area (Å²) in [5.41, 5.74) is 3.90. The zero-order chi connectivity index (χ0) is 24.7. The highest BCUT2D eigenvalue weighted by molar-refractivity contribution is 6.34. The maximum atomic E-state index is 13.1. The number of aromatic nitrogens is 3. The van der Waals surface area contributed by atoms with E-state index in [0.717, 1.165) is 29.2 Å². The summed E-state index contributed by atoms with van der Waals surface area (Å²) in [4.78, 5) is 18.1. The Kier molecular flexibility index (Phi) is 7.12. The van der Waals surface area contributed by atoms with Crippen LogP contribution in [0, 0.1) is 5.92 Å². The van der Waals surface area contributed by atoms with Crippen molar-refractivity contribution in [2.24, 2.45) is 5.92 Å². The molecule has 2 aromatic rings. The number of pyridine rings is 1. The lowest BCUT2D eigenvalue weighted by Crippen LogP contribution is -2.48. The highest BCUT2D eigenvalue weighted by Gasteiger charge is 2.30. The maximum absolute atomic E-state index is 13.1. The lowest BCUT2D eigenvalue weighted by molar-refractivity contribution is -0.00355.